The van der Waals surface area contributed by atoms with Crippen molar-refractivity contribution in [2.45, 2.75) is 0 Å². The Morgan fingerprint density at radius 3 is 2.76 bits per heavy atom. The summed E-state index contributed by atoms with van der Waals surface area (Å²) in [6.45, 7) is 0. The number of benzene rings is 1. The lowest BCUT2D eigenvalue weighted by Crippen LogP contribution is -2.12. The Kier molecular flexibility index (Phi) is 4.81. The Hall–Kier alpha value is -2.07. The summed E-state index contributed by atoms with van der Waals surface area (Å²) in [5.74, 6) is -0.817. The summed E-state index contributed by atoms with van der Waals surface area (Å²) >= 11 is 13.2. The Labute approximate surface area is 134 Å². The average Bonchev–Trinajstić information content (AvgIpc) is 2.78. The van der Waals surface area contributed by atoms with E-state index in [9.17, 15) is 4.79 Å². The van der Waals surface area contributed by atoms with Crippen molar-refractivity contribution in [3.63, 3.8) is 0 Å². The number of para-hydroxylation sites is 1. The van der Waals surface area contributed by atoms with E-state index >= 15 is 0 Å². The highest BCUT2D eigenvalue weighted by molar-refractivity contribution is 7.17. The van der Waals surface area contributed by atoms with Crippen molar-refractivity contribution in [1.82, 2.24) is 4.98 Å². The second-order valence-corrected chi connectivity index (χ2v) is 5.61. The van der Waals surface area contributed by atoms with E-state index in [0.29, 0.717) is 20.7 Å². The van der Waals surface area contributed by atoms with E-state index in [2.05, 4.69) is 10.3 Å². The van der Waals surface area contributed by atoms with Crippen LogP contribution >= 0.6 is 34.5 Å². The van der Waals surface area contributed by atoms with Gasteiger partial charge in [0, 0.05) is 0 Å². The molecule has 5 nitrogen and oxygen atoms in total. The number of nitrogens with zero attached hydrogens (tertiary/aromatic N) is 2. The van der Waals surface area contributed by atoms with Gasteiger partial charge in [0.25, 0.3) is 5.91 Å². The van der Waals surface area contributed by atoms with Crippen molar-refractivity contribution in [2.75, 3.05) is 5.32 Å². The van der Waals surface area contributed by atoms with Gasteiger partial charge in [-0.2, -0.15) is 5.26 Å². The number of halogens is 2. The molecule has 2 rings (SSSR count). The smallest absolute Gasteiger partial charge is 0.259 e. The Morgan fingerprint density at radius 1 is 1.43 bits per heavy atom. The first-order valence-corrected chi connectivity index (χ1v) is 7.18. The molecule has 2 aromatic rings. The van der Waals surface area contributed by atoms with Crippen molar-refractivity contribution in [3.8, 4) is 6.07 Å². The number of hydrogen-bond donors (Lipinski definition) is 2. The van der Waals surface area contributed by atoms with E-state index < -0.39 is 5.91 Å². The van der Waals surface area contributed by atoms with Gasteiger partial charge in [-0.1, -0.05) is 46.7 Å². The van der Waals surface area contributed by atoms with Crippen LogP contribution in [0.25, 0.3) is 6.08 Å². The minimum atomic E-state index is -0.817. The van der Waals surface area contributed by atoms with Gasteiger partial charge < -0.3 is 11.1 Å². The quantitative estimate of drug-likeness (QED) is 0.658. The normalized spacial score (nSPS) is 11.0. The summed E-state index contributed by atoms with van der Waals surface area (Å²) in [6, 6.07) is 8.87. The van der Waals surface area contributed by atoms with E-state index in [-0.39, 0.29) is 10.7 Å². The number of hydrogen-bond acceptors (Lipinski definition) is 5. The Morgan fingerprint density at radius 2 is 2.14 bits per heavy atom. The zero-order valence-electron chi connectivity index (χ0n) is 10.4. The zero-order valence-corrected chi connectivity index (χ0v) is 12.8. The largest absolute Gasteiger partial charge is 0.365 e. The van der Waals surface area contributed by atoms with Crippen LogP contribution in [0.3, 0.4) is 0 Å². The molecule has 0 bridgehead atoms. The fourth-order valence-electron chi connectivity index (χ4n) is 1.42. The number of aromatic nitrogens is 1. The molecular weight excluding hydrogens is 331 g/mol. The molecule has 0 radical (unpaired) electrons. The maximum atomic E-state index is 11.0. The van der Waals surface area contributed by atoms with Crippen molar-refractivity contribution < 1.29 is 4.79 Å². The van der Waals surface area contributed by atoms with Crippen LogP contribution in [-0.2, 0) is 4.79 Å². The summed E-state index contributed by atoms with van der Waals surface area (Å²) in [5, 5.41) is 13.0. The number of primary amides is 1. The van der Waals surface area contributed by atoms with Crippen LogP contribution in [0.4, 0.5) is 10.8 Å². The number of nitriles is 1. The van der Waals surface area contributed by atoms with E-state index in [1.54, 1.807) is 18.2 Å². The summed E-state index contributed by atoms with van der Waals surface area (Å²) < 4.78 is 0. The highest BCUT2D eigenvalue weighted by Crippen LogP contribution is 2.32. The molecular formula is C13H8Cl2N4OS. The van der Waals surface area contributed by atoms with Gasteiger partial charge in [0.2, 0.25) is 0 Å². The van der Waals surface area contributed by atoms with Crippen LogP contribution in [0.2, 0.25) is 10.2 Å². The molecule has 0 spiro atoms. The van der Waals surface area contributed by atoms with Crippen LogP contribution in [0.1, 0.15) is 4.88 Å². The molecule has 0 saturated carbocycles. The number of thiazole rings is 1. The van der Waals surface area contributed by atoms with Gasteiger partial charge in [-0.05, 0) is 18.2 Å². The molecule has 1 aromatic heterocycles. The maximum Gasteiger partial charge on any atom is 0.259 e. The number of carbonyl (C=O) groups excluding carboxylic acids is 1. The summed E-state index contributed by atoms with van der Waals surface area (Å²) in [6.07, 6.45) is 1.31. The molecule has 1 aromatic carbocycles. The average molecular weight is 339 g/mol. The lowest BCUT2D eigenvalue weighted by Gasteiger charge is -2.03. The van der Waals surface area contributed by atoms with E-state index in [1.807, 2.05) is 12.1 Å². The van der Waals surface area contributed by atoms with Gasteiger partial charge in [0.15, 0.2) is 5.13 Å². The van der Waals surface area contributed by atoms with Gasteiger partial charge in [-0.3, -0.25) is 4.79 Å². The Balaban J connectivity index is 2.30. The third-order valence-electron chi connectivity index (χ3n) is 2.39. The molecule has 0 aliphatic rings. The fourth-order valence-corrected chi connectivity index (χ4v) is 2.72. The second-order valence-electron chi connectivity index (χ2n) is 3.81. The molecule has 8 heteroatoms. The number of nitrogens with two attached hydrogens (primary N) is 1. The van der Waals surface area contributed by atoms with Crippen LogP contribution in [-0.4, -0.2) is 10.9 Å². The van der Waals surface area contributed by atoms with E-state index in [4.69, 9.17) is 34.2 Å². The molecule has 0 saturated heterocycles. The summed E-state index contributed by atoms with van der Waals surface area (Å²) in [7, 11) is 0. The highest BCUT2D eigenvalue weighted by Gasteiger charge is 2.12. The number of nitrogens with one attached hydrogen (secondary N) is 1. The van der Waals surface area contributed by atoms with Crippen molar-refractivity contribution in [2.24, 2.45) is 5.73 Å². The zero-order chi connectivity index (χ0) is 15.4. The van der Waals surface area contributed by atoms with Crippen molar-refractivity contribution in [3.05, 3.63) is 44.9 Å². The van der Waals surface area contributed by atoms with Gasteiger partial charge in [-0.15, -0.1) is 0 Å². The van der Waals surface area contributed by atoms with Gasteiger partial charge in [0.1, 0.15) is 16.8 Å². The second kappa shape index (κ2) is 6.59. The number of rotatable bonds is 4. The van der Waals surface area contributed by atoms with Crippen molar-refractivity contribution >= 4 is 57.3 Å². The van der Waals surface area contributed by atoms with Crippen molar-refractivity contribution in [1.29, 1.82) is 5.26 Å². The third-order valence-corrected chi connectivity index (χ3v) is 4.03. The minimum absolute atomic E-state index is 0.170. The maximum absolute atomic E-state index is 11.0. The molecule has 21 heavy (non-hydrogen) atoms. The lowest BCUT2D eigenvalue weighted by molar-refractivity contribution is -0.114. The van der Waals surface area contributed by atoms with Crippen LogP contribution in [0.5, 0.6) is 0 Å². The summed E-state index contributed by atoms with van der Waals surface area (Å²) in [5.41, 5.74) is 5.56. The highest BCUT2D eigenvalue weighted by atomic mass is 35.5. The first kappa shape index (κ1) is 15.3. The molecule has 0 aliphatic carbocycles. The Bertz CT molecular complexity index is 764. The molecule has 3 N–H and O–H groups in total. The standard InChI is InChI=1S/C13H8Cl2N4OS/c14-8-3-1-2-4-9(8)18-13-19-11(15)10(21-13)5-7(6-16)12(17)20/h1-5H,(H2,17,20)(H,18,19)/b7-5+. The number of carbonyl (C=O) groups is 1. The van der Waals surface area contributed by atoms with Crippen LogP contribution in [0.15, 0.2) is 29.8 Å². The molecule has 0 fully saturated rings. The molecule has 1 heterocycles. The topological polar surface area (TPSA) is 91.8 Å². The first-order valence-electron chi connectivity index (χ1n) is 5.60. The molecule has 106 valence electrons. The van der Waals surface area contributed by atoms with E-state index in [0.717, 1.165) is 0 Å². The van der Waals surface area contributed by atoms with Crippen LogP contribution < -0.4 is 11.1 Å². The van der Waals surface area contributed by atoms with Gasteiger partial charge in [-0.25, -0.2) is 4.98 Å². The summed E-state index contributed by atoms with van der Waals surface area (Å²) in [4.78, 5) is 15.6. The number of amides is 1. The predicted molar refractivity (Wildman–Crippen MR) is 84.6 cm³/mol. The van der Waals surface area contributed by atoms with E-state index in [1.165, 1.54) is 17.4 Å². The molecule has 1 amide bonds. The molecule has 0 unspecified atom stereocenters. The van der Waals surface area contributed by atoms with Gasteiger partial charge in [0.05, 0.1) is 15.6 Å². The molecule has 0 aliphatic heterocycles. The van der Waals surface area contributed by atoms with Gasteiger partial charge >= 0.3 is 0 Å². The third kappa shape index (κ3) is 3.73. The monoisotopic (exact) mass is 338 g/mol. The SMILES string of the molecule is N#C/C(=C\c1sc(Nc2ccccc2Cl)nc1Cl)C(N)=O. The van der Waals surface area contributed by atoms with Crippen LogP contribution in [0, 0.1) is 11.3 Å². The first-order chi connectivity index (χ1) is 10.0. The fraction of sp³-hybridized carbons (Fsp3) is 0. The lowest BCUT2D eigenvalue weighted by atomic mass is 10.2. The minimum Gasteiger partial charge on any atom is -0.365 e. The molecule has 0 atom stereocenters. The number of anilines is 2. The predicted octanol–water partition coefficient (Wildman–Crippen LogP) is 3.59.